The zero-order chi connectivity index (χ0) is 24.4. The van der Waals surface area contributed by atoms with Gasteiger partial charge in [0, 0.05) is 36.2 Å². The summed E-state index contributed by atoms with van der Waals surface area (Å²) in [7, 11) is -1.74. The predicted molar refractivity (Wildman–Crippen MR) is 136 cm³/mol. The Balaban J connectivity index is 2.26. The topological polar surface area (TPSA) is 109 Å². The van der Waals surface area contributed by atoms with Gasteiger partial charge in [0.2, 0.25) is 5.96 Å². The standard InChI is InChI=1S/C23H30N4O4S2/c1-6-9-20-17(12-21(32-20)22(28)26-16(3)15-31-4)14-25-23(24-7-2)27-18-10-8-11-19(13-18)33(5,29)30/h6-13,16H,14-15H2,1-5H3,(H,25,27)(H,26,28)/b9-6-,24-7?/t16-/m0/s1. The van der Waals surface area contributed by atoms with Gasteiger partial charge < -0.3 is 15.4 Å². The van der Waals surface area contributed by atoms with Crippen molar-refractivity contribution in [3.8, 4) is 0 Å². The largest absolute Gasteiger partial charge is 0.383 e. The van der Waals surface area contributed by atoms with E-state index >= 15 is 0 Å². The number of benzene rings is 1. The fraction of sp³-hybridized carbons (Fsp3) is 0.348. The summed E-state index contributed by atoms with van der Waals surface area (Å²) < 4.78 is 28.7. The molecule has 0 fully saturated rings. The van der Waals surface area contributed by atoms with Crippen molar-refractivity contribution in [3.05, 3.63) is 51.7 Å². The van der Waals surface area contributed by atoms with Gasteiger partial charge in [0.15, 0.2) is 9.84 Å². The molecule has 1 amide bonds. The van der Waals surface area contributed by atoms with E-state index in [4.69, 9.17) is 4.74 Å². The van der Waals surface area contributed by atoms with Crippen LogP contribution in [0.25, 0.3) is 6.08 Å². The first-order chi connectivity index (χ1) is 15.7. The highest BCUT2D eigenvalue weighted by Gasteiger charge is 2.15. The van der Waals surface area contributed by atoms with Gasteiger partial charge in [0.05, 0.1) is 22.9 Å². The van der Waals surface area contributed by atoms with Crippen LogP contribution in [0, 0.1) is 0 Å². The maximum absolute atomic E-state index is 12.6. The van der Waals surface area contributed by atoms with Gasteiger partial charge in [0.25, 0.3) is 5.91 Å². The van der Waals surface area contributed by atoms with Crippen molar-refractivity contribution >= 4 is 51.0 Å². The molecular weight excluding hydrogens is 460 g/mol. The van der Waals surface area contributed by atoms with Crippen LogP contribution in [0.15, 0.2) is 51.3 Å². The average molecular weight is 491 g/mol. The fourth-order valence-corrected chi connectivity index (χ4v) is 4.60. The van der Waals surface area contributed by atoms with E-state index in [-0.39, 0.29) is 16.8 Å². The van der Waals surface area contributed by atoms with Crippen molar-refractivity contribution in [2.45, 2.75) is 38.3 Å². The van der Waals surface area contributed by atoms with Crippen molar-refractivity contribution in [1.29, 1.82) is 0 Å². The highest BCUT2D eigenvalue weighted by molar-refractivity contribution is 7.90. The minimum absolute atomic E-state index is 0.103. The molecule has 0 aliphatic heterocycles. The van der Waals surface area contributed by atoms with Crippen LogP contribution >= 0.6 is 11.3 Å². The summed E-state index contributed by atoms with van der Waals surface area (Å²) in [4.78, 5) is 23.1. The molecule has 1 atom stereocenters. The van der Waals surface area contributed by atoms with Crippen molar-refractivity contribution in [2.75, 3.05) is 25.3 Å². The number of guanidine groups is 1. The average Bonchev–Trinajstić information content (AvgIpc) is 3.15. The summed E-state index contributed by atoms with van der Waals surface area (Å²) >= 11 is 1.39. The molecule has 0 saturated carbocycles. The minimum atomic E-state index is -3.33. The minimum Gasteiger partial charge on any atom is -0.383 e. The van der Waals surface area contributed by atoms with Gasteiger partial charge in [-0.15, -0.1) is 11.3 Å². The van der Waals surface area contributed by atoms with Gasteiger partial charge in [0.1, 0.15) is 0 Å². The highest BCUT2D eigenvalue weighted by Crippen LogP contribution is 2.25. The molecule has 0 spiro atoms. The predicted octanol–water partition coefficient (Wildman–Crippen LogP) is 4.01. The SMILES string of the molecule is CC=NC(=NCc1cc(C(=O)N[C@@H](C)COC)sc1/C=C\C)Nc1cccc(S(C)(=O)=O)c1. The summed E-state index contributed by atoms with van der Waals surface area (Å²) in [6.07, 6.45) is 6.61. The first kappa shape index (κ1) is 26.4. The number of thiophene rings is 1. The number of methoxy groups -OCH3 is 1. The van der Waals surface area contributed by atoms with Crippen LogP contribution in [0.2, 0.25) is 0 Å². The molecule has 0 radical (unpaired) electrons. The molecule has 2 N–H and O–H groups in total. The quantitative estimate of drug-likeness (QED) is 0.408. The van der Waals surface area contributed by atoms with E-state index in [0.717, 1.165) is 16.7 Å². The number of hydrogen-bond acceptors (Lipinski definition) is 6. The zero-order valence-corrected chi connectivity index (χ0v) is 21.1. The summed E-state index contributed by atoms with van der Waals surface area (Å²) in [5.74, 6) is 0.175. The number of sulfone groups is 1. The van der Waals surface area contributed by atoms with E-state index in [1.807, 2.05) is 32.1 Å². The number of ether oxygens (including phenoxy) is 1. The Hall–Kier alpha value is -2.82. The molecular formula is C23H30N4O4S2. The molecule has 1 heterocycles. The number of anilines is 1. The lowest BCUT2D eigenvalue weighted by atomic mass is 10.2. The van der Waals surface area contributed by atoms with Crippen molar-refractivity contribution in [3.63, 3.8) is 0 Å². The maximum Gasteiger partial charge on any atom is 0.261 e. The fourth-order valence-electron chi connectivity index (χ4n) is 2.89. The van der Waals surface area contributed by atoms with Crippen molar-refractivity contribution < 1.29 is 17.9 Å². The summed E-state index contributed by atoms with van der Waals surface area (Å²) in [5.41, 5.74) is 1.45. The van der Waals surface area contributed by atoms with E-state index in [0.29, 0.717) is 29.7 Å². The summed E-state index contributed by atoms with van der Waals surface area (Å²) in [6, 6.07) is 8.20. The number of hydrogen-bond donors (Lipinski definition) is 2. The van der Waals surface area contributed by atoms with Gasteiger partial charge in [-0.2, -0.15) is 0 Å². The second kappa shape index (κ2) is 12.4. The molecule has 178 valence electrons. The number of carbonyl (C=O) groups excluding carboxylic acids is 1. The van der Waals surface area contributed by atoms with Crippen LogP contribution in [0.1, 0.15) is 40.9 Å². The van der Waals surface area contributed by atoms with Gasteiger partial charge in [-0.05, 0) is 56.7 Å². The molecule has 33 heavy (non-hydrogen) atoms. The Morgan fingerprint density at radius 2 is 2.03 bits per heavy atom. The Bertz CT molecular complexity index is 1150. The van der Waals surface area contributed by atoms with Gasteiger partial charge >= 0.3 is 0 Å². The molecule has 1 aromatic heterocycles. The third-order valence-corrected chi connectivity index (χ3v) is 6.60. The Kier molecular flexibility index (Phi) is 9.95. The molecule has 0 saturated heterocycles. The number of rotatable bonds is 9. The van der Waals surface area contributed by atoms with Crippen LogP contribution in [-0.4, -0.2) is 52.5 Å². The normalized spacial score (nSPS) is 13.5. The third-order valence-electron chi connectivity index (χ3n) is 4.35. The molecule has 2 aromatic rings. The number of aliphatic imine (C=N–C) groups is 2. The first-order valence-electron chi connectivity index (χ1n) is 10.3. The highest BCUT2D eigenvalue weighted by atomic mass is 32.2. The van der Waals surface area contributed by atoms with Crippen LogP contribution in [0.4, 0.5) is 5.69 Å². The lowest BCUT2D eigenvalue weighted by molar-refractivity contribution is 0.0909. The summed E-state index contributed by atoms with van der Waals surface area (Å²) in [6.45, 7) is 6.29. The number of allylic oxidation sites excluding steroid dienone is 1. The van der Waals surface area contributed by atoms with Gasteiger partial charge in [-0.3, -0.25) is 4.79 Å². The lowest BCUT2D eigenvalue weighted by Crippen LogP contribution is -2.35. The van der Waals surface area contributed by atoms with Crippen LogP contribution in [0.3, 0.4) is 0 Å². The van der Waals surface area contributed by atoms with Crippen LogP contribution in [0.5, 0.6) is 0 Å². The van der Waals surface area contributed by atoms with E-state index < -0.39 is 9.84 Å². The maximum atomic E-state index is 12.6. The number of nitrogens with zero attached hydrogens (tertiary/aromatic N) is 2. The van der Waals surface area contributed by atoms with Crippen LogP contribution in [-0.2, 0) is 21.1 Å². The molecule has 0 aliphatic carbocycles. The molecule has 1 aromatic carbocycles. The number of carbonyl (C=O) groups is 1. The second-order valence-electron chi connectivity index (χ2n) is 7.28. The second-order valence-corrected chi connectivity index (χ2v) is 10.4. The zero-order valence-electron chi connectivity index (χ0n) is 19.5. The van der Waals surface area contributed by atoms with Gasteiger partial charge in [-0.1, -0.05) is 12.1 Å². The Morgan fingerprint density at radius 1 is 1.27 bits per heavy atom. The van der Waals surface area contributed by atoms with Crippen LogP contribution < -0.4 is 10.6 Å². The molecule has 0 aliphatic rings. The lowest BCUT2D eigenvalue weighted by Gasteiger charge is -2.11. The first-order valence-corrected chi connectivity index (χ1v) is 13.0. The molecule has 10 heteroatoms. The molecule has 0 unspecified atom stereocenters. The third kappa shape index (κ3) is 8.23. The van der Waals surface area contributed by atoms with Crippen molar-refractivity contribution in [2.24, 2.45) is 9.98 Å². The molecule has 0 bridgehead atoms. The monoisotopic (exact) mass is 490 g/mol. The molecule has 2 rings (SSSR count). The Labute approximate surface area is 199 Å². The smallest absolute Gasteiger partial charge is 0.261 e. The van der Waals surface area contributed by atoms with E-state index in [1.54, 1.807) is 32.4 Å². The number of amides is 1. The van der Waals surface area contributed by atoms with E-state index in [1.165, 1.54) is 23.5 Å². The Morgan fingerprint density at radius 3 is 2.67 bits per heavy atom. The molecule has 8 nitrogen and oxygen atoms in total. The van der Waals surface area contributed by atoms with Crippen molar-refractivity contribution in [1.82, 2.24) is 5.32 Å². The van der Waals surface area contributed by atoms with E-state index in [9.17, 15) is 13.2 Å². The number of nitrogens with one attached hydrogen (secondary N) is 2. The van der Waals surface area contributed by atoms with E-state index in [2.05, 4.69) is 20.6 Å². The summed E-state index contributed by atoms with van der Waals surface area (Å²) in [5, 5.41) is 5.98. The van der Waals surface area contributed by atoms with Gasteiger partial charge in [-0.25, -0.2) is 18.4 Å².